The number of hydrogen-bond donors (Lipinski definition) is 3. The van der Waals surface area contributed by atoms with Crippen molar-refractivity contribution in [3.63, 3.8) is 0 Å². The molecule has 19 heavy (non-hydrogen) atoms. The van der Waals surface area contributed by atoms with Crippen LogP contribution in [0.4, 0.5) is 0 Å². The summed E-state index contributed by atoms with van der Waals surface area (Å²) < 4.78 is 0. The second kappa shape index (κ2) is 8.50. The summed E-state index contributed by atoms with van der Waals surface area (Å²) in [6.07, 6.45) is 1.43. The number of carbonyl (C=O) groups excluding carboxylic acids is 2. The summed E-state index contributed by atoms with van der Waals surface area (Å²) in [6, 6.07) is 0. The van der Waals surface area contributed by atoms with E-state index < -0.39 is 17.8 Å². The Morgan fingerprint density at radius 1 is 0.947 bits per heavy atom. The van der Waals surface area contributed by atoms with Crippen LogP contribution < -0.4 is 10.9 Å². The Bertz CT molecular complexity index is 331. The van der Waals surface area contributed by atoms with Crippen molar-refractivity contribution in [3.05, 3.63) is 0 Å². The van der Waals surface area contributed by atoms with Gasteiger partial charge in [0.25, 0.3) is 0 Å². The summed E-state index contributed by atoms with van der Waals surface area (Å²) in [6.45, 7) is 7.07. The highest BCUT2D eigenvalue weighted by molar-refractivity contribution is 5.84. The lowest BCUT2D eigenvalue weighted by atomic mass is 9.93. The van der Waals surface area contributed by atoms with Gasteiger partial charge < -0.3 is 5.11 Å². The number of carboxylic acid groups (broad SMARTS) is 1. The van der Waals surface area contributed by atoms with Gasteiger partial charge >= 0.3 is 5.97 Å². The first-order valence-corrected chi connectivity index (χ1v) is 6.65. The Morgan fingerprint density at radius 3 is 1.79 bits per heavy atom. The Hall–Kier alpha value is -1.59. The minimum atomic E-state index is -0.897. The lowest BCUT2D eigenvalue weighted by Gasteiger charge is -2.17. The highest BCUT2D eigenvalue weighted by Gasteiger charge is 2.23. The molecule has 110 valence electrons. The van der Waals surface area contributed by atoms with Crippen LogP contribution in [0.3, 0.4) is 0 Å². The highest BCUT2D eigenvalue weighted by Crippen LogP contribution is 2.15. The summed E-state index contributed by atoms with van der Waals surface area (Å²) >= 11 is 0. The van der Waals surface area contributed by atoms with Crippen molar-refractivity contribution in [3.8, 4) is 0 Å². The maximum absolute atomic E-state index is 11.7. The molecule has 0 saturated heterocycles. The van der Waals surface area contributed by atoms with Crippen molar-refractivity contribution in [1.82, 2.24) is 10.9 Å². The van der Waals surface area contributed by atoms with Crippen LogP contribution >= 0.6 is 0 Å². The number of hydrogen-bond acceptors (Lipinski definition) is 3. The van der Waals surface area contributed by atoms with Gasteiger partial charge in [-0.1, -0.05) is 27.7 Å². The largest absolute Gasteiger partial charge is 0.481 e. The predicted molar refractivity (Wildman–Crippen MR) is 70.9 cm³/mol. The number of hydrazine groups is 1. The summed E-state index contributed by atoms with van der Waals surface area (Å²) in [5.41, 5.74) is 4.68. The Morgan fingerprint density at radius 2 is 1.42 bits per heavy atom. The van der Waals surface area contributed by atoms with Crippen molar-refractivity contribution in [2.24, 2.45) is 17.8 Å². The molecule has 0 aliphatic carbocycles. The van der Waals surface area contributed by atoms with Crippen LogP contribution in [0.1, 0.15) is 47.0 Å². The topological polar surface area (TPSA) is 95.5 Å². The molecule has 3 atom stereocenters. The molecule has 0 saturated carbocycles. The summed E-state index contributed by atoms with van der Waals surface area (Å²) in [7, 11) is 0. The van der Waals surface area contributed by atoms with Gasteiger partial charge in [0.15, 0.2) is 0 Å². The van der Waals surface area contributed by atoms with Crippen LogP contribution in [0.2, 0.25) is 0 Å². The predicted octanol–water partition coefficient (Wildman–Crippen LogP) is 1.32. The molecule has 6 heteroatoms. The second-order valence-electron chi connectivity index (χ2n) is 4.87. The average molecular weight is 272 g/mol. The van der Waals surface area contributed by atoms with Gasteiger partial charge in [0, 0.05) is 11.8 Å². The van der Waals surface area contributed by atoms with Crippen LogP contribution in [-0.4, -0.2) is 22.9 Å². The van der Waals surface area contributed by atoms with E-state index in [4.69, 9.17) is 5.11 Å². The first-order valence-electron chi connectivity index (χ1n) is 6.65. The first-order chi connectivity index (χ1) is 8.83. The molecule has 2 amide bonds. The van der Waals surface area contributed by atoms with E-state index in [0.717, 1.165) is 0 Å². The minimum absolute atomic E-state index is 0.169. The molecule has 0 aromatic heterocycles. The summed E-state index contributed by atoms with van der Waals surface area (Å²) in [5.74, 6) is -2.67. The fourth-order valence-corrected chi connectivity index (χ4v) is 1.53. The van der Waals surface area contributed by atoms with Gasteiger partial charge in [-0.3, -0.25) is 25.2 Å². The monoisotopic (exact) mass is 272 g/mol. The maximum atomic E-state index is 11.7. The molecule has 3 unspecified atom stereocenters. The standard InChI is InChI=1S/C13H24N2O4/c1-5-8(3)11(16)14-15-12(17)9(4)7-10(6-2)13(18)19/h8-10H,5-7H2,1-4H3,(H,14,16)(H,15,17)(H,18,19). The van der Waals surface area contributed by atoms with Crippen molar-refractivity contribution in [2.75, 3.05) is 0 Å². The number of rotatable bonds is 7. The fourth-order valence-electron chi connectivity index (χ4n) is 1.53. The van der Waals surface area contributed by atoms with Crippen LogP contribution in [0.5, 0.6) is 0 Å². The molecule has 0 bridgehead atoms. The molecule has 0 rings (SSSR count). The van der Waals surface area contributed by atoms with E-state index in [0.29, 0.717) is 12.8 Å². The van der Waals surface area contributed by atoms with Crippen LogP contribution in [0, 0.1) is 17.8 Å². The molecule has 0 aromatic carbocycles. The summed E-state index contributed by atoms with van der Waals surface area (Å²) in [5, 5.41) is 8.93. The molecule has 0 fully saturated rings. The third-order valence-corrected chi connectivity index (χ3v) is 3.30. The van der Waals surface area contributed by atoms with Crippen LogP contribution in [0.25, 0.3) is 0 Å². The smallest absolute Gasteiger partial charge is 0.306 e. The third-order valence-electron chi connectivity index (χ3n) is 3.30. The van der Waals surface area contributed by atoms with E-state index in [1.807, 2.05) is 6.92 Å². The average Bonchev–Trinajstić information content (AvgIpc) is 2.39. The first kappa shape index (κ1) is 17.4. The molecule has 0 heterocycles. The molecule has 0 aliphatic rings. The van der Waals surface area contributed by atoms with Gasteiger partial charge in [-0.15, -0.1) is 0 Å². The highest BCUT2D eigenvalue weighted by atomic mass is 16.4. The van der Waals surface area contributed by atoms with Crippen LogP contribution in [0.15, 0.2) is 0 Å². The van der Waals surface area contributed by atoms with Gasteiger partial charge in [-0.05, 0) is 19.3 Å². The maximum Gasteiger partial charge on any atom is 0.306 e. The normalized spacial score (nSPS) is 15.2. The molecule has 0 aliphatic heterocycles. The number of carbonyl (C=O) groups is 3. The van der Waals surface area contributed by atoms with Crippen molar-refractivity contribution < 1.29 is 19.5 Å². The molecule has 0 spiro atoms. The zero-order valence-electron chi connectivity index (χ0n) is 12.0. The van der Waals surface area contributed by atoms with Crippen molar-refractivity contribution in [2.45, 2.75) is 47.0 Å². The second-order valence-corrected chi connectivity index (χ2v) is 4.87. The number of amides is 2. The lowest BCUT2D eigenvalue weighted by molar-refractivity contribution is -0.143. The van der Waals surface area contributed by atoms with Gasteiger partial charge in [0.1, 0.15) is 0 Å². The molecule has 6 nitrogen and oxygen atoms in total. The Kier molecular flexibility index (Phi) is 7.79. The SMILES string of the molecule is CCC(C)C(=O)NNC(=O)C(C)CC(CC)C(=O)O. The van der Waals surface area contributed by atoms with E-state index in [1.54, 1.807) is 20.8 Å². The number of aliphatic carboxylic acids is 1. The lowest BCUT2D eigenvalue weighted by Crippen LogP contribution is -2.46. The van der Waals surface area contributed by atoms with Gasteiger partial charge in [0.05, 0.1) is 5.92 Å². The minimum Gasteiger partial charge on any atom is -0.481 e. The van der Waals surface area contributed by atoms with Crippen LogP contribution in [-0.2, 0) is 14.4 Å². The van der Waals surface area contributed by atoms with E-state index in [-0.39, 0.29) is 24.2 Å². The Balaban J connectivity index is 4.20. The van der Waals surface area contributed by atoms with Crippen molar-refractivity contribution >= 4 is 17.8 Å². The molecular formula is C13H24N2O4. The van der Waals surface area contributed by atoms with E-state index >= 15 is 0 Å². The van der Waals surface area contributed by atoms with Gasteiger partial charge in [0.2, 0.25) is 11.8 Å². The van der Waals surface area contributed by atoms with E-state index in [9.17, 15) is 14.4 Å². The quantitative estimate of drug-likeness (QED) is 0.609. The van der Waals surface area contributed by atoms with E-state index in [2.05, 4.69) is 10.9 Å². The van der Waals surface area contributed by atoms with Gasteiger partial charge in [-0.2, -0.15) is 0 Å². The van der Waals surface area contributed by atoms with Gasteiger partial charge in [-0.25, -0.2) is 0 Å². The fraction of sp³-hybridized carbons (Fsp3) is 0.769. The van der Waals surface area contributed by atoms with E-state index in [1.165, 1.54) is 0 Å². The summed E-state index contributed by atoms with van der Waals surface area (Å²) in [4.78, 5) is 34.1. The number of carboxylic acids is 1. The number of nitrogens with one attached hydrogen (secondary N) is 2. The molecular weight excluding hydrogens is 248 g/mol. The zero-order chi connectivity index (χ0) is 15.0. The zero-order valence-corrected chi connectivity index (χ0v) is 12.0. The molecule has 0 radical (unpaired) electrons. The molecule has 3 N–H and O–H groups in total. The van der Waals surface area contributed by atoms with Crippen molar-refractivity contribution in [1.29, 1.82) is 0 Å². The third kappa shape index (κ3) is 6.22. The molecule has 0 aromatic rings. The Labute approximate surface area is 113 Å².